The molecule has 120 valence electrons. The lowest BCUT2D eigenvalue weighted by atomic mass is 10.2. The highest BCUT2D eigenvalue weighted by Gasteiger charge is 2.36. The molecule has 1 aliphatic rings. The minimum atomic E-state index is -3.76. The first-order valence-corrected chi connectivity index (χ1v) is 8.41. The van der Waals surface area contributed by atoms with Crippen LogP contribution in [-0.2, 0) is 21.2 Å². The van der Waals surface area contributed by atoms with E-state index in [9.17, 15) is 13.2 Å². The molecule has 0 unspecified atom stereocenters. The zero-order valence-electron chi connectivity index (χ0n) is 12.6. The highest BCUT2D eigenvalue weighted by atomic mass is 32.2. The largest absolute Gasteiger partial charge is 0.464 e. The summed E-state index contributed by atoms with van der Waals surface area (Å²) >= 11 is 0. The maximum absolute atomic E-state index is 12.9. The molecule has 7 nitrogen and oxygen atoms in total. The SMILES string of the molecule is COC(=O)c1ccc(S(=O)(=O)N2c3ccncc3C[C@@H]2C)cn1. The van der Waals surface area contributed by atoms with Crippen LogP contribution < -0.4 is 4.31 Å². The monoisotopic (exact) mass is 333 g/mol. The Morgan fingerprint density at radius 2 is 2.09 bits per heavy atom. The van der Waals surface area contributed by atoms with Crippen molar-refractivity contribution in [2.45, 2.75) is 24.3 Å². The molecular weight excluding hydrogens is 318 g/mol. The van der Waals surface area contributed by atoms with Crippen molar-refractivity contribution >= 4 is 21.7 Å². The number of carbonyl (C=O) groups excluding carboxylic acids is 1. The van der Waals surface area contributed by atoms with Crippen LogP contribution >= 0.6 is 0 Å². The number of hydrogen-bond donors (Lipinski definition) is 0. The predicted molar refractivity (Wildman–Crippen MR) is 82.6 cm³/mol. The van der Waals surface area contributed by atoms with Crippen LogP contribution in [0.3, 0.4) is 0 Å². The number of carbonyl (C=O) groups is 1. The lowest BCUT2D eigenvalue weighted by molar-refractivity contribution is 0.0594. The number of pyridine rings is 2. The summed E-state index contributed by atoms with van der Waals surface area (Å²) in [5.74, 6) is -0.611. The Labute approximate surface area is 134 Å². The molecule has 0 saturated carbocycles. The van der Waals surface area contributed by atoms with Crippen LogP contribution in [-0.4, -0.2) is 37.5 Å². The maximum atomic E-state index is 12.9. The minimum Gasteiger partial charge on any atom is -0.464 e. The van der Waals surface area contributed by atoms with Gasteiger partial charge >= 0.3 is 5.97 Å². The molecule has 8 heteroatoms. The Bertz CT molecular complexity index is 849. The summed E-state index contributed by atoms with van der Waals surface area (Å²) in [5.41, 5.74) is 1.58. The molecule has 23 heavy (non-hydrogen) atoms. The molecule has 0 aliphatic carbocycles. The number of ether oxygens (including phenoxy) is 1. The molecule has 0 spiro atoms. The predicted octanol–water partition coefficient (Wildman–Crippen LogP) is 1.40. The number of anilines is 1. The van der Waals surface area contributed by atoms with Crippen LogP contribution in [0.4, 0.5) is 5.69 Å². The molecule has 2 aromatic rings. The van der Waals surface area contributed by atoms with E-state index in [4.69, 9.17) is 0 Å². The number of aromatic nitrogens is 2. The average molecular weight is 333 g/mol. The van der Waals surface area contributed by atoms with Gasteiger partial charge in [0.15, 0.2) is 0 Å². The van der Waals surface area contributed by atoms with Crippen LogP contribution in [0.15, 0.2) is 41.7 Å². The van der Waals surface area contributed by atoms with Gasteiger partial charge in [-0.1, -0.05) is 0 Å². The van der Waals surface area contributed by atoms with Crippen molar-refractivity contribution in [2.24, 2.45) is 0 Å². The van der Waals surface area contributed by atoms with Gasteiger partial charge in [0.2, 0.25) is 0 Å². The van der Waals surface area contributed by atoms with Gasteiger partial charge in [-0.2, -0.15) is 0 Å². The van der Waals surface area contributed by atoms with Crippen molar-refractivity contribution < 1.29 is 17.9 Å². The van der Waals surface area contributed by atoms with E-state index >= 15 is 0 Å². The number of hydrogen-bond acceptors (Lipinski definition) is 6. The second kappa shape index (κ2) is 5.62. The number of nitrogens with zero attached hydrogens (tertiary/aromatic N) is 3. The molecule has 0 saturated heterocycles. The van der Waals surface area contributed by atoms with E-state index in [1.807, 2.05) is 6.92 Å². The topological polar surface area (TPSA) is 89.5 Å². The number of sulfonamides is 1. The van der Waals surface area contributed by atoms with Crippen molar-refractivity contribution in [1.29, 1.82) is 0 Å². The van der Waals surface area contributed by atoms with Gasteiger partial charge in [0, 0.05) is 24.6 Å². The van der Waals surface area contributed by atoms with Gasteiger partial charge in [-0.15, -0.1) is 0 Å². The lowest BCUT2D eigenvalue weighted by Crippen LogP contribution is -2.35. The normalized spacial score (nSPS) is 17.0. The Kier molecular flexibility index (Phi) is 3.77. The van der Waals surface area contributed by atoms with E-state index in [1.165, 1.54) is 29.7 Å². The van der Waals surface area contributed by atoms with Crippen molar-refractivity contribution in [3.05, 3.63) is 48.0 Å². The first-order valence-electron chi connectivity index (χ1n) is 6.97. The minimum absolute atomic E-state index is 0.0293. The van der Waals surface area contributed by atoms with Gasteiger partial charge in [0.25, 0.3) is 10.0 Å². The molecule has 0 radical (unpaired) electrons. The molecule has 0 fully saturated rings. The van der Waals surface area contributed by atoms with E-state index < -0.39 is 16.0 Å². The van der Waals surface area contributed by atoms with Crippen LogP contribution in [0.5, 0.6) is 0 Å². The third-order valence-corrected chi connectivity index (χ3v) is 5.63. The second-order valence-corrected chi connectivity index (χ2v) is 7.04. The fourth-order valence-corrected chi connectivity index (χ4v) is 4.31. The third-order valence-electron chi connectivity index (χ3n) is 3.72. The van der Waals surface area contributed by atoms with Crippen LogP contribution in [0.1, 0.15) is 23.0 Å². The van der Waals surface area contributed by atoms with E-state index in [1.54, 1.807) is 18.5 Å². The summed E-state index contributed by atoms with van der Waals surface area (Å²) in [5, 5.41) is 0. The summed E-state index contributed by atoms with van der Waals surface area (Å²) in [6.07, 6.45) is 5.03. The fraction of sp³-hybridized carbons (Fsp3) is 0.267. The standard InChI is InChI=1S/C15H15N3O4S/c1-10-7-11-8-16-6-5-14(11)18(10)23(20,21)12-3-4-13(17-9-12)15(19)22-2/h3-6,8-10H,7H2,1-2H3/t10-/m0/s1. The zero-order valence-corrected chi connectivity index (χ0v) is 13.4. The van der Waals surface area contributed by atoms with Gasteiger partial charge in [-0.05, 0) is 37.1 Å². The Morgan fingerprint density at radius 1 is 1.30 bits per heavy atom. The third kappa shape index (κ3) is 2.55. The molecule has 3 heterocycles. The van der Waals surface area contributed by atoms with Gasteiger partial charge < -0.3 is 4.74 Å². The first-order chi connectivity index (χ1) is 10.9. The summed E-state index contributed by atoms with van der Waals surface area (Å²) in [7, 11) is -2.52. The van der Waals surface area contributed by atoms with E-state index in [0.717, 1.165) is 5.56 Å². The molecule has 3 rings (SSSR count). The Balaban J connectivity index is 2.01. The summed E-state index contributed by atoms with van der Waals surface area (Å²) in [6, 6.07) is 4.18. The Hall–Kier alpha value is -2.48. The second-order valence-electron chi connectivity index (χ2n) is 5.23. The summed E-state index contributed by atoms with van der Waals surface area (Å²) in [4.78, 5) is 19.3. The quantitative estimate of drug-likeness (QED) is 0.789. The smallest absolute Gasteiger partial charge is 0.356 e. The number of methoxy groups -OCH3 is 1. The molecule has 1 atom stereocenters. The molecule has 0 aromatic carbocycles. The number of rotatable bonds is 3. The van der Waals surface area contributed by atoms with Crippen molar-refractivity contribution in [2.75, 3.05) is 11.4 Å². The number of esters is 1. The van der Waals surface area contributed by atoms with Gasteiger partial charge in [-0.3, -0.25) is 9.29 Å². The van der Waals surface area contributed by atoms with E-state index in [-0.39, 0.29) is 16.6 Å². The lowest BCUT2D eigenvalue weighted by Gasteiger charge is -2.24. The maximum Gasteiger partial charge on any atom is 0.356 e. The van der Waals surface area contributed by atoms with Crippen LogP contribution in [0, 0.1) is 0 Å². The highest BCUT2D eigenvalue weighted by molar-refractivity contribution is 7.92. The molecule has 1 aliphatic heterocycles. The van der Waals surface area contributed by atoms with Gasteiger partial charge in [0.05, 0.1) is 12.8 Å². The molecule has 0 N–H and O–H groups in total. The van der Waals surface area contributed by atoms with E-state index in [0.29, 0.717) is 12.1 Å². The van der Waals surface area contributed by atoms with Crippen molar-refractivity contribution in [3.8, 4) is 0 Å². The molecular formula is C15H15N3O4S. The van der Waals surface area contributed by atoms with Gasteiger partial charge in [0.1, 0.15) is 10.6 Å². The number of fused-ring (bicyclic) bond motifs is 1. The average Bonchev–Trinajstić information content (AvgIpc) is 2.90. The molecule has 0 amide bonds. The van der Waals surface area contributed by atoms with Crippen molar-refractivity contribution in [1.82, 2.24) is 9.97 Å². The van der Waals surface area contributed by atoms with Crippen LogP contribution in [0.25, 0.3) is 0 Å². The molecule has 0 bridgehead atoms. The summed E-state index contributed by atoms with van der Waals surface area (Å²) < 4.78 is 31.7. The highest BCUT2D eigenvalue weighted by Crippen LogP contribution is 2.35. The Morgan fingerprint density at radius 3 is 2.74 bits per heavy atom. The van der Waals surface area contributed by atoms with Gasteiger partial charge in [-0.25, -0.2) is 18.2 Å². The van der Waals surface area contributed by atoms with Crippen LogP contribution in [0.2, 0.25) is 0 Å². The molecule has 2 aromatic heterocycles. The summed E-state index contributed by atoms with van der Waals surface area (Å²) in [6.45, 7) is 1.84. The fourth-order valence-electron chi connectivity index (χ4n) is 2.67. The first kappa shape index (κ1) is 15.4. The zero-order chi connectivity index (χ0) is 16.6. The van der Waals surface area contributed by atoms with E-state index in [2.05, 4.69) is 14.7 Å². The van der Waals surface area contributed by atoms with Crippen molar-refractivity contribution in [3.63, 3.8) is 0 Å².